The van der Waals surface area contributed by atoms with E-state index in [4.69, 9.17) is 22.1 Å². The van der Waals surface area contributed by atoms with Gasteiger partial charge >= 0.3 is 0 Å². The van der Waals surface area contributed by atoms with E-state index in [9.17, 15) is 0 Å². The Hall–Kier alpha value is -1.26. The smallest absolute Gasteiger partial charge is 0.237 e. The molecule has 88 valence electrons. The molecule has 1 aromatic heterocycles. The van der Waals surface area contributed by atoms with Crippen molar-refractivity contribution in [3.8, 4) is 5.88 Å². The molecular weight excluding hydrogens is 304 g/mol. The number of aromatic nitrogens is 1. The molecule has 0 spiro atoms. The van der Waals surface area contributed by atoms with Crippen LogP contribution in [-0.2, 0) is 6.61 Å². The van der Waals surface area contributed by atoms with Crippen molar-refractivity contribution in [3.05, 3.63) is 51.6 Å². The first-order valence-corrected chi connectivity index (χ1v) is 6.11. The van der Waals surface area contributed by atoms with E-state index in [1.807, 2.05) is 24.3 Å². The van der Waals surface area contributed by atoms with Gasteiger partial charge in [-0.1, -0.05) is 29.8 Å². The van der Waals surface area contributed by atoms with Crippen LogP contribution in [0.5, 0.6) is 5.88 Å². The lowest BCUT2D eigenvalue weighted by molar-refractivity contribution is 0.296. The normalized spacial score (nSPS) is 10.2. The van der Waals surface area contributed by atoms with Gasteiger partial charge in [-0.05, 0) is 28.1 Å². The summed E-state index contributed by atoms with van der Waals surface area (Å²) in [5.41, 5.74) is 7.17. The zero-order valence-corrected chi connectivity index (χ0v) is 11.2. The quantitative estimate of drug-likeness (QED) is 0.940. The number of anilines is 1. The molecule has 0 amide bonds. The second-order valence-corrected chi connectivity index (χ2v) is 4.75. The van der Waals surface area contributed by atoms with Crippen molar-refractivity contribution >= 4 is 33.2 Å². The van der Waals surface area contributed by atoms with E-state index in [1.54, 1.807) is 12.3 Å². The van der Waals surface area contributed by atoms with Crippen LogP contribution in [-0.4, -0.2) is 4.98 Å². The molecule has 1 heterocycles. The summed E-state index contributed by atoms with van der Waals surface area (Å²) in [4.78, 5) is 4.09. The molecule has 2 rings (SSSR count). The third-order valence-corrected chi connectivity index (χ3v) is 2.97. The summed E-state index contributed by atoms with van der Waals surface area (Å²) in [5.74, 6) is 0.410. The Morgan fingerprint density at radius 2 is 2.12 bits per heavy atom. The predicted molar refractivity (Wildman–Crippen MR) is 72.1 cm³/mol. The summed E-state index contributed by atoms with van der Waals surface area (Å²) in [6.07, 6.45) is 1.64. The maximum Gasteiger partial charge on any atom is 0.237 e. The Kier molecular flexibility index (Phi) is 3.86. The zero-order chi connectivity index (χ0) is 12.3. The van der Waals surface area contributed by atoms with Crippen LogP contribution in [0.1, 0.15) is 5.56 Å². The summed E-state index contributed by atoms with van der Waals surface area (Å²) >= 11 is 9.30. The van der Waals surface area contributed by atoms with E-state index in [-0.39, 0.29) is 0 Å². The van der Waals surface area contributed by atoms with Crippen LogP contribution in [0.4, 0.5) is 5.69 Å². The minimum atomic E-state index is 0.346. The lowest BCUT2D eigenvalue weighted by Gasteiger charge is -2.08. The molecule has 0 saturated heterocycles. The van der Waals surface area contributed by atoms with E-state index in [0.717, 1.165) is 10.0 Å². The second kappa shape index (κ2) is 5.38. The number of pyridine rings is 1. The van der Waals surface area contributed by atoms with Gasteiger partial charge in [-0.25, -0.2) is 4.98 Å². The lowest BCUT2D eigenvalue weighted by Crippen LogP contribution is -2.01. The third-order valence-electron chi connectivity index (χ3n) is 2.17. The van der Waals surface area contributed by atoms with Gasteiger partial charge in [0.15, 0.2) is 0 Å². The summed E-state index contributed by atoms with van der Waals surface area (Å²) in [6, 6.07) is 9.24. The molecule has 17 heavy (non-hydrogen) atoms. The van der Waals surface area contributed by atoms with E-state index in [2.05, 4.69) is 20.9 Å². The van der Waals surface area contributed by atoms with E-state index in [1.165, 1.54) is 0 Å². The second-order valence-electron chi connectivity index (χ2n) is 3.43. The Labute approximate surface area is 113 Å². The molecule has 0 bridgehead atoms. The molecule has 0 saturated carbocycles. The fourth-order valence-electron chi connectivity index (χ4n) is 1.32. The van der Waals surface area contributed by atoms with Gasteiger partial charge in [0.05, 0.1) is 5.69 Å². The van der Waals surface area contributed by atoms with Crippen molar-refractivity contribution in [1.29, 1.82) is 0 Å². The number of rotatable bonds is 3. The lowest BCUT2D eigenvalue weighted by atomic mass is 10.2. The molecule has 0 radical (unpaired) electrons. The van der Waals surface area contributed by atoms with Crippen LogP contribution < -0.4 is 10.5 Å². The van der Waals surface area contributed by atoms with Gasteiger partial charge < -0.3 is 10.5 Å². The summed E-state index contributed by atoms with van der Waals surface area (Å²) < 4.78 is 6.34. The van der Waals surface area contributed by atoms with Crippen LogP contribution in [0.3, 0.4) is 0 Å². The SMILES string of the molecule is Nc1cc(Br)cnc1OCc1ccccc1Cl. The number of halogens is 2. The topological polar surface area (TPSA) is 48.1 Å². The Balaban J connectivity index is 2.10. The molecule has 0 aliphatic carbocycles. The highest BCUT2D eigenvalue weighted by molar-refractivity contribution is 9.10. The van der Waals surface area contributed by atoms with Gasteiger partial charge in [0.2, 0.25) is 5.88 Å². The molecule has 0 aliphatic rings. The van der Waals surface area contributed by atoms with Gasteiger partial charge in [-0.2, -0.15) is 0 Å². The maximum atomic E-state index is 6.02. The fourth-order valence-corrected chi connectivity index (χ4v) is 1.86. The largest absolute Gasteiger partial charge is 0.471 e. The molecule has 0 fully saturated rings. The fraction of sp³-hybridized carbons (Fsp3) is 0.0833. The van der Waals surface area contributed by atoms with Gasteiger partial charge in [0, 0.05) is 21.3 Å². The van der Waals surface area contributed by atoms with Crippen molar-refractivity contribution in [1.82, 2.24) is 4.98 Å². The minimum Gasteiger partial charge on any atom is -0.471 e. The monoisotopic (exact) mass is 312 g/mol. The molecule has 0 aliphatic heterocycles. The third kappa shape index (κ3) is 3.11. The number of benzene rings is 1. The highest BCUT2D eigenvalue weighted by Crippen LogP contribution is 2.24. The van der Waals surface area contributed by atoms with E-state index in [0.29, 0.717) is 23.2 Å². The van der Waals surface area contributed by atoms with Gasteiger partial charge in [0.25, 0.3) is 0 Å². The average molecular weight is 314 g/mol. The first kappa shape index (κ1) is 12.2. The van der Waals surface area contributed by atoms with Crippen LogP contribution in [0, 0.1) is 0 Å². The molecule has 5 heteroatoms. The van der Waals surface area contributed by atoms with Gasteiger partial charge in [0.1, 0.15) is 6.61 Å². The van der Waals surface area contributed by atoms with Crippen molar-refractivity contribution in [2.45, 2.75) is 6.61 Å². The summed E-state index contributed by atoms with van der Waals surface area (Å²) in [7, 11) is 0. The number of nitrogens with two attached hydrogens (primary N) is 1. The Morgan fingerprint density at radius 3 is 2.82 bits per heavy atom. The number of ether oxygens (including phenoxy) is 1. The van der Waals surface area contributed by atoms with Gasteiger partial charge in [-0.3, -0.25) is 0 Å². The highest BCUT2D eigenvalue weighted by atomic mass is 79.9. The standard InChI is InChI=1S/C12H10BrClN2O/c13-9-5-11(15)12(16-6-9)17-7-8-3-1-2-4-10(8)14/h1-6H,7,15H2. The minimum absolute atomic E-state index is 0.346. The molecule has 1 aromatic carbocycles. The van der Waals surface area contributed by atoms with Crippen molar-refractivity contribution < 1.29 is 4.74 Å². The first-order valence-electron chi connectivity index (χ1n) is 4.94. The number of hydrogen-bond donors (Lipinski definition) is 1. The van der Waals surface area contributed by atoms with E-state index < -0.39 is 0 Å². The van der Waals surface area contributed by atoms with Crippen molar-refractivity contribution in [3.63, 3.8) is 0 Å². The van der Waals surface area contributed by atoms with Crippen LogP contribution in [0.15, 0.2) is 41.0 Å². The number of nitrogens with zero attached hydrogens (tertiary/aromatic N) is 1. The summed E-state index contributed by atoms with van der Waals surface area (Å²) in [5, 5.41) is 0.670. The highest BCUT2D eigenvalue weighted by Gasteiger charge is 2.05. The number of nitrogen functional groups attached to an aromatic ring is 1. The molecular formula is C12H10BrClN2O. The van der Waals surface area contributed by atoms with E-state index >= 15 is 0 Å². The van der Waals surface area contributed by atoms with Crippen molar-refractivity contribution in [2.24, 2.45) is 0 Å². The molecule has 0 atom stereocenters. The predicted octanol–water partition coefficient (Wildman–Crippen LogP) is 3.66. The Bertz CT molecular complexity index is 534. The van der Waals surface area contributed by atoms with Crippen LogP contribution in [0.2, 0.25) is 5.02 Å². The maximum absolute atomic E-state index is 6.02. The zero-order valence-electron chi connectivity index (χ0n) is 8.86. The first-order chi connectivity index (χ1) is 8.16. The van der Waals surface area contributed by atoms with Crippen LogP contribution in [0.25, 0.3) is 0 Å². The molecule has 2 aromatic rings. The molecule has 3 nitrogen and oxygen atoms in total. The Morgan fingerprint density at radius 1 is 1.35 bits per heavy atom. The summed E-state index contributed by atoms with van der Waals surface area (Å²) in [6.45, 7) is 0.346. The molecule has 0 unspecified atom stereocenters. The number of hydrogen-bond acceptors (Lipinski definition) is 3. The molecule has 2 N–H and O–H groups in total. The average Bonchev–Trinajstić information content (AvgIpc) is 2.30. The van der Waals surface area contributed by atoms with Gasteiger partial charge in [-0.15, -0.1) is 0 Å². The van der Waals surface area contributed by atoms with Crippen molar-refractivity contribution in [2.75, 3.05) is 5.73 Å². The van der Waals surface area contributed by atoms with Crippen LogP contribution >= 0.6 is 27.5 Å².